The van der Waals surface area contributed by atoms with E-state index < -0.39 is 23.8 Å². The number of nitrogens with zero attached hydrogens (tertiary/aromatic N) is 1. The van der Waals surface area contributed by atoms with Crippen molar-refractivity contribution in [2.24, 2.45) is 11.8 Å². The molecule has 3 unspecified atom stereocenters. The molecule has 0 heterocycles. The number of nitrogens with one attached hydrogen (secondary N) is 2. The molecule has 0 bridgehead atoms. The summed E-state index contributed by atoms with van der Waals surface area (Å²) in [7, 11) is 1.59. The maximum atomic E-state index is 14.6. The van der Waals surface area contributed by atoms with Crippen molar-refractivity contribution in [3.63, 3.8) is 0 Å². The van der Waals surface area contributed by atoms with Crippen LogP contribution >= 0.6 is 0 Å². The summed E-state index contributed by atoms with van der Waals surface area (Å²) in [4.78, 5) is 43.3. The maximum absolute atomic E-state index is 14.6. The van der Waals surface area contributed by atoms with E-state index in [0.717, 1.165) is 12.0 Å². The Morgan fingerprint density at radius 1 is 0.905 bits per heavy atom. The summed E-state index contributed by atoms with van der Waals surface area (Å²) in [5.41, 5.74) is 1.54. The standard InChI is InChI=1S/C34H51N3O5/c1-22(2)14-15-25(6)37(32(39)29(20-23(3)4)36-33(40)42-34(7,8)9)30(26-13-11-12-24(5)21-26)31(38)35-27-16-18-28(41-10)19-17-27/h11-13,16-19,21-23,25,29-30H,14-15,20H2,1-10H3,(H,35,38)(H,36,40). The molecular weight excluding hydrogens is 530 g/mol. The van der Waals surface area contributed by atoms with Crippen molar-refractivity contribution in [2.75, 3.05) is 12.4 Å². The molecule has 0 saturated heterocycles. The molecule has 2 N–H and O–H groups in total. The quantitative estimate of drug-likeness (QED) is 0.259. The molecule has 2 aromatic rings. The van der Waals surface area contributed by atoms with Crippen molar-refractivity contribution < 1.29 is 23.9 Å². The fourth-order valence-electron chi connectivity index (χ4n) is 4.80. The number of aryl methyl sites for hydroxylation is 1. The predicted octanol–water partition coefficient (Wildman–Crippen LogP) is 7.28. The summed E-state index contributed by atoms with van der Waals surface area (Å²) in [6.07, 6.45) is 1.31. The number of ether oxygens (including phenoxy) is 2. The smallest absolute Gasteiger partial charge is 0.408 e. The first kappa shape index (κ1) is 34.7. The molecule has 0 aliphatic rings. The zero-order valence-electron chi connectivity index (χ0n) is 27.1. The molecule has 2 aromatic carbocycles. The van der Waals surface area contributed by atoms with Gasteiger partial charge in [-0.25, -0.2) is 4.79 Å². The summed E-state index contributed by atoms with van der Waals surface area (Å²) >= 11 is 0. The summed E-state index contributed by atoms with van der Waals surface area (Å²) in [5.74, 6) is 0.541. The van der Waals surface area contributed by atoms with Gasteiger partial charge in [0.15, 0.2) is 0 Å². The predicted molar refractivity (Wildman–Crippen MR) is 169 cm³/mol. The van der Waals surface area contributed by atoms with Crippen LogP contribution in [-0.2, 0) is 14.3 Å². The first-order valence-electron chi connectivity index (χ1n) is 14.9. The highest BCUT2D eigenvalue weighted by molar-refractivity contribution is 5.99. The Kier molecular flexibility index (Phi) is 12.9. The summed E-state index contributed by atoms with van der Waals surface area (Å²) in [6.45, 7) is 17.6. The number of carbonyl (C=O) groups excluding carboxylic acids is 3. The van der Waals surface area contributed by atoms with Gasteiger partial charge in [-0.15, -0.1) is 0 Å². The Labute approximate surface area is 252 Å². The van der Waals surface area contributed by atoms with Crippen LogP contribution in [0.5, 0.6) is 5.75 Å². The molecule has 0 aromatic heterocycles. The minimum Gasteiger partial charge on any atom is -0.497 e. The van der Waals surface area contributed by atoms with Crippen molar-refractivity contribution >= 4 is 23.6 Å². The molecule has 0 radical (unpaired) electrons. The minimum absolute atomic E-state index is 0.104. The highest BCUT2D eigenvalue weighted by Crippen LogP contribution is 2.30. The SMILES string of the molecule is COc1ccc(NC(=O)C(c2cccc(C)c2)N(C(=O)C(CC(C)C)NC(=O)OC(C)(C)C)C(C)CCC(C)C)cc1. The largest absolute Gasteiger partial charge is 0.497 e. The molecule has 2 rings (SSSR count). The second-order valence-corrected chi connectivity index (χ2v) is 12.9. The topological polar surface area (TPSA) is 97.0 Å². The Balaban J connectivity index is 2.61. The number of hydrogen-bond donors (Lipinski definition) is 2. The highest BCUT2D eigenvalue weighted by Gasteiger charge is 2.39. The fraction of sp³-hybridized carbons (Fsp3) is 0.559. The van der Waals surface area contributed by atoms with Crippen LogP contribution in [-0.4, -0.2) is 47.6 Å². The molecule has 0 aliphatic carbocycles. The van der Waals surface area contributed by atoms with Crippen LogP contribution in [0.2, 0.25) is 0 Å². The van der Waals surface area contributed by atoms with E-state index >= 15 is 0 Å². The van der Waals surface area contributed by atoms with Crippen molar-refractivity contribution in [1.29, 1.82) is 0 Å². The van der Waals surface area contributed by atoms with E-state index in [4.69, 9.17) is 9.47 Å². The van der Waals surface area contributed by atoms with Crippen LogP contribution in [0.25, 0.3) is 0 Å². The molecule has 0 saturated carbocycles. The van der Waals surface area contributed by atoms with E-state index in [1.54, 1.807) is 57.0 Å². The maximum Gasteiger partial charge on any atom is 0.408 e. The Morgan fingerprint density at radius 3 is 2.07 bits per heavy atom. The van der Waals surface area contributed by atoms with E-state index in [9.17, 15) is 14.4 Å². The third kappa shape index (κ3) is 11.0. The van der Waals surface area contributed by atoms with E-state index in [-0.39, 0.29) is 23.8 Å². The summed E-state index contributed by atoms with van der Waals surface area (Å²) in [6, 6.07) is 12.7. The van der Waals surface area contributed by atoms with Gasteiger partial charge < -0.3 is 25.0 Å². The van der Waals surface area contributed by atoms with E-state index in [1.807, 2.05) is 52.0 Å². The molecule has 3 amide bonds. The number of rotatable bonds is 13. The number of benzene rings is 2. The number of amides is 3. The van der Waals surface area contributed by atoms with Gasteiger partial charge in [-0.3, -0.25) is 9.59 Å². The summed E-state index contributed by atoms with van der Waals surface area (Å²) < 4.78 is 10.8. The van der Waals surface area contributed by atoms with E-state index in [1.165, 1.54) is 0 Å². The van der Waals surface area contributed by atoms with Gasteiger partial charge in [0.1, 0.15) is 23.4 Å². The number of carbonyl (C=O) groups is 3. The molecule has 232 valence electrons. The number of methoxy groups -OCH3 is 1. The fourth-order valence-corrected chi connectivity index (χ4v) is 4.80. The summed E-state index contributed by atoms with van der Waals surface area (Å²) in [5, 5.41) is 5.84. The number of alkyl carbamates (subject to hydrolysis) is 1. The third-order valence-corrected chi connectivity index (χ3v) is 6.83. The van der Waals surface area contributed by atoms with Crippen molar-refractivity contribution in [1.82, 2.24) is 10.2 Å². The number of hydrogen-bond acceptors (Lipinski definition) is 5. The Morgan fingerprint density at radius 2 is 1.55 bits per heavy atom. The van der Waals surface area contributed by atoms with E-state index in [0.29, 0.717) is 35.8 Å². The second-order valence-electron chi connectivity index (χ2n) is 12.9. The van der Waals surface area contributed by atoms with Gasteiger partial charge in [0.2, 0.25) is 5.91 Å². The second kappa shape index (κ2) is 15.6. The van der Waals surface area contributed by atoms with Gasteiger partial charge in [0.05, 0.1) is 7.11 Å². The monoisotopic (exact) mass is 581 g/mol. The average molecular weight is 582 g/mol. The first-order valence-corrected chi connectivity index (χ1v) is 14.9. The molecule has 0 aliphatic heterocycles. The molecule has 0 spiro atoms. The van der Waals surface area contributed by atoms with Crippen LogP contribution in [0, 0.1) is 18.8 Å². The van der Waals surface area contributed by atoms with Gasteiger partial charge in [-0.05, 0) is 95.5 Å². The Bertz CT molecular complexity index is 1170. The Hall–Kier alpha value is -3.55. The van der Waals surface area contributed by atoms with Crippen molar-refractivity contribution in [3.05, 3.63) is 59.7 Å². The van der Waals surface area contributed by atoms with Crippen LogP contribution in [0.1, 0.15) is 91.8 Å². The van der Waals surface area contributed by atoms with Gasteiger partial charge in [0, 0.05) is 11.7 Å². The van der Waals surface area contributed by atoms with Crippen molar-refractivity contribution in [3.8, 4) is 5.75 Å². The van der Waals surface area contributed by atoms with Gasteiger partial charge >= 0.3 is 6.09 Å². The van der Waals surface area contributed by atoms with Gasteiger partial charge in [-0.1, -0.05) is 57.5 Å². The number of anilines is 1. The third-order valence-electron chi connectivity index (χ3n) is 6.83. The van der Waals surface area contributed by atoms with Crippen LogP contribution in [0.15, 0.2) is 48.5 Å². The first-order chi connectivity index (χ1) is 19.6. The zero-order chi connectivity index (χ0) is 31.6. The lowest BCUT2D eigenvalue weighted by molar-refractivity contribution is -0.144. The van der Waals surface area contributed by atoms with Crippen molar-refractivity contribution in [2.45, 2.75) is 105 Å². The van der Waals surface area contributed by atoms with E-state index in [2.05, 4.69) is 24.5 Å². The lowest BCUT2D eigenvalue weighted by Crippen LogP contribution is -2.55. The molecule has 0 fully saturated rings. The lowest BCUT2D eigenvalue weighted by Gasteiger charge is -2.39. The minimum atomic E-state index is -0.934. The molecule has 8 heteroatoms. The molecule has 3 atom stereocenters. The highest BCUT2D eigenvalue weighted by atomic mass is 16.6. The van der Waals surface area contributed by atoms with Gasteiger partial charge in [0.25, 0.3) is 5.91 Å². The van der Waals surface area contributed by atoms with Crippen LogP contribution in [0.3, 0.4) is 0 Å². The molecule has 8 nitrogen and oxygen atoms in total. The average Bonchev–Trinajstić information content (AvgIpc) is 2.88. The lowest BCUT2D eigenvalue weighted by atomic mass is 9.94. The zero-order valence-corrected chi connectivity index (χ0v) is 27.1. The van der Waals surface area contributed by atoms with Crippen LogP contribution in [0.4, 0.5) is 10.5 Å². The van der Waals surface area contributed by atoms with Crippen LogP contribution < -0.4 is 15.4 Å². The molecule has 42 heavy (non-hydrogen) atoms. The van der Waals surface area contributed by atoms with Gasteiger partial charge in [-0.2, -0.15) is 0 Å². The molecular formula is C34H51N3O5. The normalized spacial score (nSPS) is 13.7.